The van der Waals surface area contributed by atoms with Gasteiger partial charge in [-0.15, -0.1) is 0 Å². The fraction of sp³-hybridized carbons (Fsp3) is 0.250. The van der Waals surface area contributed by atoms with Gasteiger partial charge in [-0.2, -0.15) is 0 Å². The Morgan fingerprint density at radius 1 is 1.11 bits per heavy atom. The minimum absolute atomic E-state index is 0.0397. The van der Waals surface area contributed by atoms with Crippen molar-refractivity contribution in [1.82, 2.24) is 0 Å². The standard InChI is InChI=1S/C20H18F2N2O4/c1-12(19(26)23-14-6-9-16(21)17(22)11-14)28-20(27)13-4-7-15(8-5-13)24-10-2-3-18(24)25/h4-9,11-12H,2-3,10H2,1H3,(H,23,26)/t12-/m0/s1. The van der Waals surface area contributed by atoms with E-state index in [1.54, 1.807) is 17.0 Å². The van der Waals surface area contributed by atoms with Gasteiger partial charge < -0.3 is 15.0 Å². The average molecular weight is 388 g/mol. The van der Waals surface area contributed by atoms with Crippen molar-refractivity contribution < 1.29 is 27.9 Å². The number of amides is 2. The maximum atomic E-state index is 13.2. The molecule has 0 spiro atoms. The van der Waals surface area contributed by atoms with Gasteiger partial charge in [0.1, 0.15) is 0 Å². The van der Waals surface area contributed by atoms with E-state index in [0.717, 1.165) is 18.6 Å². The summed E-state index contributed by atoms with van der Waals surface area (Å²) in [6.45, 7) is 2.01. The largest absolute Gasteiger partial charge is 0.449 e. The number of benzene rings is 2. The third-order valence-corrected chi connectivity index (χ3v) is 4.33. The Labute approximate surface area is 160 Å². The molecule has 0 saturated carbocycles. The lowest BCUT2D eigenvalue weighted by atomic mass is 10.2. The summed E-state index contributed by atoms with van der Waals surface area (Å²) in [5.74, 6) is -3.49. The van der Waals surface area contributed by atoms with Crippen LogP contribution >= 0.6 is 0 Å². The highest BCUT2D eigenvalue weighted by Crippen LogP contribution is 2.22. The molecule has 0 bridgehead atoms. The molecule has 28 heavy (non-hydrogen) atoms. The molecule has 1 atom stereocenters. The molecule has 0 aliphatic carbocycles. The van der Waals surface area contributed by atoms with Crippen molar-refractivity contribution in [3.63, 3.8) is 0 Å². The number of hydrogen-bond donors (Lipinski definition) is 1. The van der Waals surface area contributed by atoms with Gasteiger partial charge in [0.05, 0.1) is 5.56 Å². The lowest BCUT2D eigenvalue weighted by Gasteiger charge is -2.16. The summed E-state index contributed by atoms with van der Waals surface area (Å²) in [7, 11) is 0. The lowest BCUT2D eigenvalue weighted by molar-refractivity contribution is -0.123. The first-order valence-corrected chi connectivity index (χ1v) is 8.72. The van der Waals surface area contributed by atoms with Crippen LogP contribution in [0, 0.1) is 11.6 Å². The Hall–Kier alpha value is -3.29. The lowest BCUT2D eigenvalue weighted by Crippen LogP contribution is -2.30. The minimum atomic E-state index is -1.15. The number of hydrogen-bond acceptors (Lipinski definition) is 4. The zero-order chi connectivity index (χ0) is 20.3. The number of nitrogens with one attached hydrogen (secondary N) is 1. The zero-order valence-corrected chi connectivity index (χ0v) is 15.1. The number of esters is 1. The van der Waals surface area contributed by atoms with Gasteiger partial charge >= 0.3 is 5.97 Å². The number of halogens is 2. The normalized spacial score (nSPS) is 14.7. The van der Waals surface area contributed by atoms with E-state index >= 15 is 0 Å². The Morgan fingerprint density at radius 3 is 2.43 bits per heavy atom. The second-order valence-electron chi connectivity index (χ2n) is 6.36. The molecule has 0 aromatic heterocycles. The number of rotatable bonds is 5. The van der Waals surface area contributed by atoms with Gasteiger partial charge in [-0.1, -0.05) is 0 Å². The van der Waals surface area contributed by atoms with Crippen molar-refractivity contribution in [2.75, 3.05) is 16.8 Å². The first-order valence-electron chi connectivity index (χ1n) is 8.72. The second-order valence-corrected chi connectivity index (χ2v) is 6.36. The second kappa shape index (κ2) is 8.16. The molecule has 2 aromatic rings. The van der Waals surface area contributed by atoms with E-state index < -0.39 is 29.6 Å². The fourth-order valence-corrected chi connectivity index (χ4v) is 2.80. The van der Waals surface area contributed by atoms with Gasteiger partial charge in [0, 0.05) is 30.4 Å². The molecule has 146 valence electrons. The molecule has 3 rings (SSSR count). The molecular weight excluding hydrogens is 370 g/mol. The summed E-state index contributed by atoms with van der Waals surface area (Å²) in [5, 5.41) is 2.35. The van der Waals surface area contributed by atoms with E-state index in [1.165, 1.54) is 25.1 Å². The van der Waals surface area contributed by atoms with Crippen LogP contribution in [0.15, 0.2) is 42.5 Å². The first-order chi connectivity index (χ1) is 13.3. The van der Waals surface area contributed by atoms with Gasteiger partial charge in [0.25, 0.3) is 5.91 Å². The number of nitrogens with zero attached hydrogens (tertiary/aromatic N) is 1. The van der Waals surface area contributed by atoms with Gasteiger partial charge in [0.15, 0.2) is 17.7 Å². The van der Waals surface area contributed by atoms with E-state index in [1.807, 2.05) is 0 Å². The Morgan fingerprint density at radius 2 is 1.82 bits per heavy atom. The van der Waals surface area contributed by atoms with Crippen LogP contribution in [-0.4, -0.2) is 30.4 Å². The third-order valence-electron chi connectivity index (χ3n) is 4.33. The summed E-state index contributed by atoms with van der Waals surface area (Å²) in [5.41, 5.74) is 0.970. The maximum absolute atomic E-state index is 13.2. The molecule has 1 aliphatic heterocycles. The van der Waals surface area contributed by atoms with Gasteiger partial charge in [-0.25, -0.2) is 13.6 Å². The molecule has 0 radical (unpaired) electrons. The molecule has 2 aromatic carbocycles. The molecule has 1 aliphatic rings. The maximum Gasteiger partial charge on any atom is 0.338 e. The quantitative estimate of drug-likeness (QED) is 0.798. The van der Waals surface area contributed by atoms with Crippen LogP contribution in [0.3, 0.4) is 0 Å². The predicted octanol–water partition coefficient (Wildman–Crippen LogP) is 3.28. The average Bonchev–Trinajstić information content (AvgIpc) is 3.10. The van der Waals surface area contributed by atoms with Gasteiger partial charge in [-0.05, 0) is 49.7 Å². The smallest absolute Gasteiger partial charge is 0.338 e. The number of carbonyl (C=O) groups excluding carboxylic acids is 3. The van der Waals surface area contributed by atoms with Crippen LogP contribution in [0.2, 0.25) is 0 Å². The van der Waals surface area contributed by atoms with Gasteiger partial charge in [-0.3, -0.25) is 9.59 Å². The Kier molecular flexibility index (Phi) is 5.67. The molecule has 2 amide bonds. The molecule has 0 unspecified atom stereocenters. The van der Waals surface area contributed by atoms with E-state index in [9.17, 15) is 23.2 Å². The molecule has 8 heteroatoms. The third kappa shape index (κ3) is 4.33. The summed E-state index contributed by atoms with van der Waals surface area (Å²) >= 11 is 0. The SMILES string of the molecule is C[C@H](OC(=O)c1ccc(N2CCCC2=O)cc1)C(=O)Nc1ccc(F)c(F)c1. The predicted molar refractivity (Wildman–Crippen MR) is 97.9 cm³/mol. The number of ether oxygens (including phenoxy) is 1. The highest BCUT2D eigenvalue weighted by atomic mass is 19.2. The van der Waals surface area contributed by atoms with Gasteiger partial charge in [0.2, 0.25) is 5.91 Å². The van der Waals surface area contributed by atoms with E-state index in [2.05, 4.69) is 5.32 Å². The summed E-state index contributed by atoms with van der Waals surface area (Å²) < 4.78 is 31.2. The van der Waals surface area contributed by atoms with E-state index in [-0.39, 0.29) is 17.2 Å². The van der Waals surface area contributed by atoms with Crippen molar-refractivity contribution in [1.29, 1.82) is 0 Å². The van der Waals surface area contributed by atoms with Crippen LogP contribution in [-0.2, 0) is 14.3 Å². The summed E-state index contributed by atoms with van der Waals surface area (Å²) in [6.07, 6.45) is 0.155. The summed E-state index contributed by atoms with van der Waals surface area (Å²) in [6, 6.07) is 9.24. The highest BCUT2D eigenvalue weighted by molar-refractivity contribution is 5.98. The molecule has 1 N–H and O–H groups in total. The van der Waals surface area contributed by atoms with Crippen molar-refractivity contribution in [3.8, 4) is 0 Å². The topological polar surface area (TPSA) is 75.7 Å². The number of anilines is 2. The highest BCUT2D eigenvalue weighted by Gasteiger charge is 2.23. The van der Waals surface area contributed by atoms with Crippen LogP contribution in [0.1, 0.15) is 30.1 Å². The molecule has 1 heterocycles. The Bertz CT molecular complexity index is 915. The number of carbonyl (C=O) groups is 3. The molecule has 6 nitrogen and oxygen atoms in total. The van der Waals surface area contributed by atoms with E-state index in [4.69, 9.17) is 4.74 Å². The summed E-state index contributed by atoms with van der Waals surface area (Å²) in [4.78, 5) is 37.7. The van der Waals surface area contributed by atoms with Crippen LogP contribution in [0.5, 0.6) is 0 Å². The van der Waals surface area contributed by atoms with E-state index in [0.29, 0.717) is 18.7 Å². The van der Waals surface area contributed by atoms with Crippen molar-refractivity contribution in [2.45, 2.75) is 25.9 Å². The van der Waals surface area contributed by atoms with Crippen LogP contribution in [0.25, 0.3) is 0 Å². The molecule has 1 fully saturated rings. The van der Waals surface area contributed by atoms with Crippen molar-refractivity contribution in [2.24, 2.45) is 0 Å². The van der Waals surface area contributed by atoms with Crippen molar-refractivity contribution >= 4 is 29.2 Å². The van der Waals surface area contributed by atoms with Crippen LogP contribution < -0.4 is 10.2 Å². The first kappa shape index (κ1) is 19.5. The molecular formula is C20H18F2N2O4. The fourth-order valence-electron chi connectivity index (χ4n) is 2.80. The monoisotopic (exact) mass is 388 g/mol. The van der Waals surface area contributed by atoms with Crippen LogP contribution in [0.4, 0.5) is 20.2 Å². The van der Waals surface area contributed by atoms with Crippen molar-refractivity contribution in [3.05, 3.63) is 59.7 Å². The molecule has 1 saturated heterocycles. The minimum Gasteiger partial charge on any atom is -0.449 e. The Balaban J connectivity index is 1.59. The zero-order valence-electron chi connectivity index (χ0n) is 15.1.